The van der Waals surface area contributed by atoms with Gasteiger partial charge in [-0.2, -0.15) is 0 Å². The van der Waals surface area contributed by atoms with E-state index in [9.17, 15) is 0 Å². The highest BCUT2D eigenvalue weighted by molar-refractivity contribution is 4.98. The van der Waals surface area contributed by atoms with Crippen LogP contribution in [0.25, 0.3) is 0 Å². The zero-order chi connectivity index (χ0) is 12.6. The first kappa shape index (κ1) is 12.9. The molecule has 1 aliphatic carbocycles. The molecule has 0 bridgehead atoms. The number of ether oxygens (including phenoxy) is 1. The van der Waals surface area contributed by atoms with Gasteiger partial charge in [-0.25, -0.2) is 0 Å². The second kappa shape index (κ2) is 4.77. The zero-order valence-corrected chi connectivity index (χ0v) is 12.0. The van der Waals surface area contributed by atoms with E-state index in [1.165, 1.54) is 58.0 Å². The average Bonchev–Trinajstić information content (AvgIpc) is 2.38. The lowest BCUT2D eigenvalue weighted by Crippen LogP contribution is -2.56. The first-order valence-corrected chi connectivity index (χ1v) is 7.72. The van der Waals surface area contributed by atoms with Gasteiger partial charge in [0.15, 0.2) is 0 Å². The Balaban J connectivity index is 1.56. The molecule has 1 spiro atoms. The zero-order valence-electron chi connectivity index (χ0n) is 12.0. The van der Waals surface area contributed by atoms with Crippen molar-refractivity contribution in [3.63, 3.8) is 0 Å². The van der Waals surface area contributed by atoms with Crippen molar-refractivity contribution in [2.24, 2.45) is 0 Å². The van der Waals surface area contributed by atoms with E-state index in [1.807, 2.05) is 0 Å². The van der Waals surface area contributed by atoms with Crippen LogP contribution in [0.5, 0.6) is 0 Å². The van der Waals surface area contributed by atoms with Crippen LogP contribution < -0.4 is 5.32 Å². The van der Waals surface area contributed by atoms with E-state index >= 15 is 0 Å². The van der Waals surface area contributed by atoms with Crippen molar-refractivity contribution in [1.82, 2.24) is 10.2 Å². The van der Waals surface area contributed by atoms with Crippen LogP contribution in [0.4, 0.5) is 0 Å². The lowest BCUT2D eigenvalue weighted by molar-refractivity contribution is -0.150. The van der Waals surface area contributed by atoms with Gasteiger partial charge in [0.05, 0.1) is 5.60 Å². The molecule has 3 fully saturated rings. The molecule has 1 unspecified atom stereocenters. The topological polar surface area (TPSA) is 24.5 Å². The number of hydrogen-bond donors (Lipinski definition) is 1. The lowest BCUT2D eigenvalue weighted by atomic mass is 9.73. The minimum absolute atomic E-state index is 0.298. The normalized spacial score (nSPS) is 35.3. The molecule has 1 saturated carbocycles. The van der Waals surface area contributed by atoms with E-state index in [2.05, 4.69) is 24.2 Å². The summed E-state index contributed by atoms with van der Waals surface area (Å²) in [6.07, 6.45) is 9.12. The standard InChI is InChI=1S/C15H28N2O/c1-14(16-2)7-9-17(10-8-14)13-4-11-18-15(12-13)5-3-6-15/h13,16H,3-12H2,1-2H3. The summed E-state index contributed by atoms with van der Waals surface area (Å²) in [6, 6.07) is 0.792. The summed E-state index contributed by atoms with van der Waals surface area (Å²) < 4.78 is 6.05. The monoisotopic (exact) mass is 252 g/mol. The Hall–Kier alpha value is -0.120. The third-order valence-electron chi connectivity index (χ3n) is 5.75. The van der Waals surface area contributed by atoms with Gasteiger partial charge in [-0.05, 0) is 58.9 Å². The first-order valence-electron chi connectivity index (χ1n) is 7.72. The number of likely N-dealkylation sites (tertiary alicyclic amines) is 1. The highest BCUT2D eigenvalue weighted by Crippen LogP contribution is 2.43. The Morgan fingerprint density at radius 3 is 2.44 bits per heavy atom. The number of nitrogens with one attached hydrogen (secondary N) is 1. The van der Waals surface area contributed by atoms with E-state index in [1.54, 1.807) is 0 Å². The number of hydrogen-bond acceptors (Lipinski definition) is 3. The van der Waals surface area contributed by atoms with Crippen LogP contribution in [0.1, 0.15) is 51.9 Å². The van der Waals surface area contributed by atoms with Gasteiger partial charge in [0.2, 0.25) is 0 Å². The first-order chi connectivity index (χ1) is 8.65. The molecule has 0 amide bonds. The maximum Gasteiger partial charge on any atom is 0.0697 e. The van der Waals surface area contributed by atoms with Crippen LogP contribution in [0.15, 0.2) is 0 Å². The molecule has 3 nitrogen and oxygen atoms in total. The minimum Gasteiger partial charge on any atom is -0.375 e. The van der Waals surface area contributed by atoms with Gasteiger partial charge in [-0.3, -0.25) is 0 Å². The van der Waals surface area contributed by atoms with Crippen molar-refractivity contribution in [2.45, 2.75) is 69.1 Å². The summed E-state index contributed by atoms with van der Waals surface area (Å²) in [5, 5.41) is 3.49. The van der Waals surface area contributed by atoms with E-state index in [0.717, 1.165) is 12.6 Å². The van der Waals surface area contributed by atoms with Crippen LogP contribution in [0, 0.1) is 0 Å². The maximum atomic E-state index is 6.05. The summed E-state index contributed by atoms with van der Waals surface area (Å²) in [4.78, 5) is 2.74. The molecular weight excluding hydrogens is 224 g/mol. The van der Waals surface area contributed by atoms with Crippen LogP contribution in [-0.4, -0.2) is 48.8 Å². The molecule has 0 radical (unpaired) electrons. The van der Waals surface area contributed by atoms with Gasteiger partial charge in [0.1, 0.15) is 0 Å². The van der Waals surface area contributed by atoms with Gasteiger partial charge in [-0.1, -0.05) is 0 Å². The molecule has 0 aromatic rings. The molecule has 3 aliphatic rings. The van der Waals surface area contributed by atoms with Gasteiger partial charge in [-0.15, -0.1) is 0 Å². The highest BCUT2D eigenvalue weighted by Gasteiger charge is 2.44. The van der Waals surface area contributed by atoms with Gasteiger partial charge in [0, 0.05) is 31.3 Å². The molecule has 3 rings (SSSR count). The van der Waals surface area contributed by atoms with Crippen LogP contribution in [-0.2, 0) is 4.74 Å². The Morgan fingerprint density at radius 1 is 1.17 bits per heavy atom. The summed E-state index contributed by atoms with van der Waals surface area (Å²) in [6.45, 7) is 5.88. The van der Waals surface area contributed by atoms with E-state index in [0.29, 0.717) is 11.1 Å². The second-order valence-electron chi connectivity index (χ2n) is 6.88. The maximum absolute atomic E-state index is 6.05. The van der Waals surface area contributed by atoms with Gasteiger partial charge < -0.3 is 15.0 Å². The quantitative estimate of drug-likeness (QED) is 0.815. The molecule has 2 aliphatic heterocycles. The Morgan fingerprint density at radius 2 is 1.89 bits per heavy atom. The predicted molar refractivity (Wildman–Crippen MR) is 73.8 cm³/mol. The number of piperidine rings is 1. The van der Waals surface area contributed by atoms with Crippen molar-refractivity contribution in [2.75, 3.05) is 26.7 Å². The van der Waals surface area contributed by atoms with E-state index in [-0.39, 0.29) is 0 Å². The fourth-order valence-electron chi connectivity index (χ4n) is 3.87. The smallest absolute Gasteiger partial charge is 0.0697 e. The molecule has 1 N–H and O–H groups in total. The molecule has 0 aromatic heterocycles. The van der Waals surface area contributed by atoms with Crippen molar-refractivity contribution in [3.8, 4) is 0 Å². The summed E-state index contributed by atoms with van der Waals surface area (Å²) in [5.74, 6) is 0. The Labute approximate surface area is 111 Å². The van der Waals surface area contributed by atoms with Crippen molar-refractivity contribution in [3.05, 3.63) is 0 Å². The van der Waals surface area contributed by atoms with Gasteiger partial charge in [0.25, 0.3) is 0 Å². The van der Waals surface area contributed by atoms with Gasteiger partial charge >= 0.3 is 0 Å². The highest BCUT2D eigenvalue weighted by atomic mass is 16.5. The molecule has 104 valence electrons. The molecule has 2 saturated heterocycles. The van der Waals surface area contributed by atoms with E-state index in [4.69, 9.17) is 4.74 Å². The fourth-order valence-corrected chi connectivity index (χ4v) is 3.87. The van der Waals surface area contributed by atoms with Crippen LogP contribution in [0.3, 0.4) is 0 Å². The average molecular weight is 252 g/mol. The lowest BCUT2D eigenvalue weighted by Gasteiger charge is -2.51. The largest absolute Gasteiger partial charge is 0.375 e. The number of rotatable bonds is 2. The van der Waals surface area contributed by atoms with Crippen molar-refractivity contribution < 1.29 is 4.74 Å². The summed E-state index contributed by atoms with van der Waals surface area (Å²) in [7, 11) is 2.10. The Bertz CT molecular complexity index is 293. The van der Waals surface area contributed by atoms with Crippen LogP contribution in [0.2, 0.25) is 0 Å². The van der Waals surface area contributed by atoms with Crippen molar-refractivity contribution >= 4 is 0 Å². The molecule has 0 aromatic carbocycles. The predicted octanol–water partition coefficient (Wildman–Crippen LogP) is 2.16. The van der Waals surface area contributed by atoms with Crippen LogP contribution >= 0.6 is 0 Å². The fraction of sp³-hybridized carbons (Fsp3) is 1.00. The Kier molecular flexibility index (Phi) is 3.41. The second-order valence-corrected chi connectivity index (χ2v) is 6.88. The molecular formula is C15H28N2O. The minimum atomic E-state index is 0.298. The molecule has 3 heteroatoms. The summed E-state index contributed by atoms with van der Waals surface area (Å²) >= 11 is 0. The number of nitrogens with zero attached hydrogens (tertiary/aromatic N) is 1. The third-order valence-corrected chi connectivity index (χ3v) is 5.75. The molecule has 18 heavy (non-hydrogen) atoms. The SMILES string of the molecule is CNC1(C)CCN(C2CCOC3(CCC3)C2)CC1. The molecule has 1 atom stereocenters. The molecule has 2 heterocycles. The third kappa shape index (κ3) is 2.33. The summed E-state index contributed by atoms with van der Waals surface area (Å²) in [5.41, 5.74) is 0.669. The van der Waals surface area contributed by atoms with Crippen molar-refractivity contribution in [1.29, 1.82) is 0 Å². The van der Waals surface area contributed by atoms with E-state index < -0.39 is 0 Å².